The number of nitrogens with zero attached hydrogens (tertiary/aromatic N) is 2. The number of anilines is 3. The number of nitrogens with one attached hydrogen (secondary N) is 2. The van der Waals surface area contributed by atoms with E-state index < -0.39 is 11.7 Å². The van der Waals surface area contributed by atoms with Gasteiger partial charge in [-0.1, -0.05) is 36.4 Å². The van der Waals surface area contributed by atoms with E-state index in [4.69, 9.17) is 0 Å². The molecular formula is C21H21F3N4. The van der Waals surface area contributed by atoms with E-state index in [1.54, 1.807) is 12.1 Å². The van der Waals surface area contributed by atoms with Gasteiger partial charge in [-0.25, -0.2) is 4.98 Å². The fraction of sp³-hybridized carbons (Fsp3) is 0.238. The lowest BCUT2D eigenvalue weighted by molar-refractivity contribution is -0.137. The van der Waals surface area contributed by atoms with Gasteiger partial charge in [-0.15, -0.1) is 0 Å². The number of aromatic nitrogens is 2. The van der Waals surface area contributed by atoms with Crippen molar-refractivity contribution in [3.63, 3.8) is 0 Å². The highest BCUT2D eigenvalue weighted by atomic mass is 19.4. The highest BCUT2D eigenvalue weighted by Crippen LogP contribution is 2.31. The van der Waals surface area contributed by atoms with Crippen molar-refractivity contribution in [3.05, 3.63) is 77.5 Å². The largest absolute Gasteiger partial charge is 0.416 e. The monoisotopic (exact) mass is 386 g/mol. The van der Waals surface area contributed by atoms with Crippen molar-refractivity contribution in [2.45, 2.75) is 25.9 Å². The molecule has 0 radical (unpaired) electrons. The van der Waals surface area contributed by atoms with E-state index in [0.717, 1.165) is 37.2 Å². The van der Waals surface area contributed by atoms with E-state index >= 15 is 0 Å². The van der Waals surface area contributed by atoms with Crippen molar-refractivity contribution in [2.24, 2.45) is 0 Å². The van der Waals surface area contributed by atoms with Crippen LogP contribution in [0.3, 0.4) is 0 Å². The predicted molar refractivity (Wildman–Crippen MR) is 105 cm³/mol. The Morgan fingerprint density at radius 1 is 0.929 bits per heavy atom. The smallest absolute Gasteiger partial charge is 0.370 e. The molecule has 0 saturated carbocycles. The molecule has 0 fully saturated rings. The van der Waals surface area contributed by atoms with Crippen LogP contribution in [0.5, 0.6) is 0 Å². The molecule has 0 amide bonds. The molecule has 3 rings (SSSR count). The first-order valence-corrected chi connectivity index (χ1v) is 8.98. The summed E-state index contributed by atoms with van der Waals surface area (Å²) in [4.78, 5) is 8.60. The quantitative estimate of drug-likeness (QED) is 0.520. The average molecular weight is 386 g/mol. The summed E-state index contributed by atoms with van der Waals surface area (Å²) in [7, 11) is 0. The molecule has 0 atom stereocenters. The summed E-state index contributed by atoms with van der Waals surface area (Å²) in [6, 6.07) is 17.0. The van der Waals surface area contributed by atoms with Crippen molar-refractivity contribution in [2.75, 3.05) is 17.2 Å². The zero-order valence-electron chi connectivity index (χ0n) is 15.4. The molecule has 3 aromatic rings. The second-order valence-electron chi connectivity index (χ2n) is 6.44. The molecule has 0 aliphatic carbocycles. The third-order valence-electron chi connectivity index (χ3n) is 4.09. The maximum atomic E-state index is 12.9. The van der Waals surface area contributed by atoms with Gasteiger partial charge < -0.3 is 10.6 Å². The summed E-state index contributed by atoms with van der Waals surface area (Å²) in [6.45, 7) is 2.54. The molecule has 2 aromatic carbocycles. The number of benzene rings is 2. The SMILES string of the molecule is Cc1cc(NCCCc2ccccc2)nc(Nc2cccc(C(F)(F)F)c2)n1. The standard InChI is InChI=1S/C21H21F3N4/c1-15-13-19(25-12-6-9-16-7-3-2-4-8-16)28-20(26-15)27-18-11-5-10-17(14-18)21(22,23)24/h2-5,7-8,10-11,13-14H,6,9,12H2,1H3,(H2,25,26,27,28). The number of halogens is 3. The maximum absolute atomic E-state index is 12.9. The normalized spacial score (nSPS) is 11.3. The lowest BCUT2D eigenvalue weighted by Gasteiger charge is -2.12. The van der Waals surface area contributed by atoms with Gasteiger partial charge in [-0.2, -0.15) is 18.2 Å². The molecule has 0 saturated heterocycles. The molecule has 28 heavy (non-hydrogen) atoms. The molecule has 146 valence electrons. The fourth-order valence-corrected chi connectivity index (χ4v) is 2.77. The van der Waals surface area contributed by atoms with Gasteiger partial charge in [0.1, 0.15) is 5.82 Å². The van der Waals surface area contributed by atoms with Crippen LogP contribution >= 0.6 is 0 Å². The fourth-order valence-electron chi connectivity index (χ4n) is 2.77. The van der Waals surface area contributed by atoms with E-state index in [1.807, 2.05) is 25.1 Å². The second-order valence-corrected chi connectivity index (χ2v) is 6.44. The van der Waals surface area contributed by atoms with E-state index in [0.29, 0.717) is 5.82 Å². The van der Waals surface area contributed by atoms with Crippen molar-refractivity contribution in [1.29, 1.82) is 0 Å². The van der Waals surface area contributed by atoms with Crippen molar-refractivity contribution >= 4 is 17.5 Å². The third kappa shape index (κ3) is 5.70. The van der Waals surface area contributed by atoms with Crippen LogP contribution in [0, 0.1) is 6.92 Å². The van der Waals surface area contributed by atoms with Crippen LogP contribution in [0.2, 0.25) is 0 Å². The Bertz CT molecular complexity index is 911. The summed E-state index contributed by atoms with van der Waals surface area (Å²) in [6.07, 6.45) is -2.51. The van der Waals surface area contributed by atoms with Crippen molar-refractivity contribution in [1.82, 2.24) is 9.97 Å². The Labute approximate surface area is 161 Å². The van der Waals surface area contributed by atoms with Crippen LogP contribution in [0.4, 0.5) is 30.6 Å². The highest BCUT2D eigenvalue weighted by Gasteiger charge is 2.30. The molecule has 0 unspecified atom stereocenters. The Balaban J connectivity index is 1.61. The molecule has 0 aliphatic rings. The van der Waals surface area contributed by atoms with Crippen molar-refractivity contribution < 1.29 is 13.2 Å². The summed E-state index contributed by atoms with van der Waals surface area (Å²) in [5, 5.41) is 6.10. The van der Waals surface area contributed by atoms with Gasteiger partial charge >= 0.3 is 6.18 Å². The molecule has 0 bridgehead atoms. The topological polar surface area (TPSA) is 49.8 Å². The Hall–Kier alpha value is -3.09. The first-order valence-electron chi connectivity index (χ1n) is 8.98. The molecule has 4 nitrogen and oxygen atoms in total. The lowest BCUT2D eigenvalue weighted by atomic mass is 10.1. The minimum atomic E-state index is -4.39. The molecule has 1 aromatic heterocycles. The van der Waals surface area contributed by atoms with E-state index in [9.17, 15) is 13.2 Å². The Morgan fingerprint density at radius 2 is 1.71 bits per heavy atom. The van der Waals surface area contributed by atoms with Gasteiger partial charge in [0.25, 0.3) is 0 Å². The number of hydrogen-bond donors (Lipinski definition) is 2. The minimum Gasteiger partial charge on any atom is -0.370 e. The number of alkyl halides is 3. The van der Waals surface area contributed by atoms with Crippen LogP contribution in [-0.2, 0) is 12.6 Å². The first-order chi connectivity index (χ1) is 13.4. The molecule has 0 aliphatic heterocycles. The lowest BCUT2D eigenvalue weighted by Crippen LogP contribution is -2.08. The van der Waals surface area contributed by atoms with E-state index in [2.05, 4.69) is 32.7 Å². The third-order valence-corrected chi connectivity index (χ3v) is 4.09. The second kappa shape index (κ2) is 8.73. The van der Waals surface area contributed by atoms with E-state index in [1.165, 1.54) is 11.6 Å². The summed E-state index contributed by atoms with van der Waals surface area (Å²) in [5.74, 6) is 0.889. The summed E-state index contributed by atoms with van der Waals surface area (Å²) in [5.41, 5.74) is 1.56. The Kier molecular flexibility index (Phi) is 6.13. The van der Waals surface area contributed by atoms with Crippen LogP contribution in [0.1, 0.15) is 23.2 Å². The van der Waals surface area contributed by atoms with Gasteiger partial charge in [-0.3, -0.25) is 0 Å². The molecule has 7 heteroatoms. The summed E-state index contributed by atoms with van der Waals surface area (Å²) >= 11 is 0. The number of aryl methyl sites for hydroxylation is 2. The zero-order valence-corrected chi connectivity index (χ0v) is 15.4. The average Bonchev–Trinajstić information content (AvgIpc) is 2.65. The number of hydrogen-bond acceptors (Lipinski definition) is 4. The summed E-state index contributed by atoms with van der Waals surface area (Å²) < 4.78 is 38.6. The van der Waals surface area contributed by atoms with Crippen LogP contribution in [0.25, 0.3) is 0 Å². The van der Waals surface area contributed by atoms with Gasteiger partial charge in [-0.05, 0) is 43.5 Å². The molecule has 0 spiro atoms. The molecule has 1 heterocycles. The minimum absolute atomic E-state index is 0.255. The highest BCUT2D eigenvalue weighted by molar-refractivity contribution is 5.56. The number of rotatable bonds is 7. The van der Waals surface area contributed by atoms with Gasteiger partial charge in [0, 0.05) is 24.0 Å². The van der Waals surface area contributed by atoms with Gasteiger partial charge in [0.05, 0.1) is 5.56 Å². The molecule has 2 N–H and O–H groups in total. The van der Waals surface area contributed by atoms with Crippen LogP contribution in [-0.4, -0.2) is 16.5 Å². The van der Waals surface area contributed by atoms with E-state index in [-0.39, 0.29) is 11.6 Å². The zero-order chi connectivity index (χ0) is 20.0. The van der Waals surface area contributed by atoms with Crippen molar-refractivity contribution in [3.8, 4) is 0 Å². The Morgan fingerprint density at radius 3 is 2.46 bits per heavy atom. The van der Waals surface area contributed by atoms with Crippen LogP contribution in [0.15, 0.2) is 60.7 Å². The van der Waals surface area contributed by atoms with Gasteiger partial charge in [0.2, 0.25) is 5.95 Å². The predicted octanol–water partition coefficient (Wildman–Crippen LogP) is 5.59. The van der Waals surface area contributed by atoms with Crippen LogP contribution < -0.4 is 10.6 Å². The molecular weight excluding hydrogens is 365 g/mol. The first kappa shape index (κ1) is 19.7. The maximum Gasteiger partial charge on any atom is 0.416 e. The van der Waals surface area contributed by atoms with Gasteiger partial charge in [0.15, 0.2) is 0 Å².